The third-order valence-electron chi connectivity index (χ3n) is 4.67. The number of carbonyl (C=O) groups excluding carboxylic acids is 1. The van der Waals surface area contributed by atoms with Crippen LogP contribution in [0.25, 0.3) is 20.5 Å². The summed E-state index contributed by atoms with van der Waals surface area (Å²) >= 11 is 5.15. The van der Waals surface area contributed by atoms with Crippen LogP contribution in [0, 0.1) is 0 Å². The molecule has 3 aromatic carbocycles. The Morgan fingerprint density at radius 3 is 2.48 bits per heavy atom. The minimum absolute atomic E-state index is 0.00276. The molecule has 5 heteroatoms. The quantitative estimate of drug-likeness (QED) is 0.287. The van der Waals surface area contributed by atoms with E-state index in [0.717, 1.165) is 42.1 Å². The molecule has 0 amide bonds. The molecule has 4 aromatic rings. The zero-order valence-corrected chi connectivity index (χ0v) is 18.5. The van der Waals surface area contributed by atoms with Gasteiger partial charge in [0.25, 0.3) is 0 Å². The molecule has 0 saturated heterocycles. The SMILES string of the molecule is CCOc1ccc(C(=O)c2c(-c3ccc(OC)cc3)sc3ccccc23)cc1Br. The predicted octanol–water partition coefficient (Wildman–Crippen LogP) is 6.97. The van der Waals surface area contributed by atoms with Crippen LogP contribution in [0.3, 0.4) is 0 Å². The van der Waals surface area contributed by atoms with Gasteiger partial charge in [-0.1, -0.05) is 18.2 Å². The van der Waals surface area contributed by atoms with Crippen molar-refractivity contribution in [1.82, 2.24) is 0 Å². The third-order valence-corrected chi connectivity index (χ3v) is 6.51. The number of hydrogen-bond acceptors (Lipinski definition) is 4. The first kappa shape index (κ1) is 19.7. The summed E-state index contributed by atoms with van der Waals surface area (Å²) in [5.41, 5.74) is 2.35. The average Bonchev–Trinajstić information content (AvgIpc) is 3.14. The second-order valence-corrected chi connectivity index (χ2v) is 8.34. The van der Waals surface area contributed by atoms with E-state index in [1.165, 1.54) is 0 Å². The minimum atomic E-state index is -0.00276. The van der Waals surface area contributed by atoms with E-state index in [1.807, 2.05) is 67.6 Å². The maximum atomic E-state index is 13.6. The van der Waals surface area contributed by atoms with Crippen molar-refractivity contribution in [3.8, 4) is 21.9 Å². The second kappa shape index (κ2) is 8.39. The van der Waals surface area contributed by atoms with Gasteiger partial charge in [-0.2, -0.15) is 0 Å². The lowest BCUT2D eigenvalue weighted by Crippen LogP contribution is -2.03. The molecular formula is C24H19BrO3S. The molecule has 0 unspecified atom stereocenters. The van der Waals surface area contributed by atoms with E-state index in [0.29, 0.717) is 12.2 Å². The molecule has 3 nitrogen and oxygen atoms in total. The van der Waals surface area contributed by atoms with E-state index in [2.05, 4.69) is 22.0 Å². The molecule has 1 heterocycles. The number of ether oxygens (including phenoxy) is 2. The molecule has 0 aliphatic heterocycles. The summed E-state index contributed by atoms with van der Waals surface area (Å²) in [5, 5.41) is 0.971. The zero-order valence-electron chi connectivity index (χ0n) is 16.1. The number of hydrogen-bond donors (Lipinski definition) is 0. The highest BCUT2D eigenvalue weighted by Gasteiger charge is 2.22. The van der Waals surface area contributed by atoms with Gasteiger partial charge in [0.15, 0.2) is 5.78 Å². The van der Waals surface area contributed by atoms with Gasteiger partial charge in [-0.15, -0.1) is 11.3 Å². The van der Waals surface area contributed by atoms with Crippen molar-refractivity contribution >= 4 is 43.1 Å². The highest BCUT2D eigenvalue weighted by Crippen LogP contribution is 2.40. The highest BCUT2D eigenvalue weighted by atomic mass is 79.9. The van der Waals surface area contributed by atoms with Crippen molar-refractivity contribution in [3.05, 3.63) is 82.3 Å². The van der Waals surface area contributed by atoms with Crippen LogP contribution in [-0.4, -0.2) is 19.5 Å². The van der Waals surface area contributed by atoms with Gasteiger partial charge >= 0.3 is 0 Å². The Morgan fingerprint density at radius 1 is 1.03 bits per heavy atom. The number of methoxy groups -OCH3 is 1. The maximum Gasteiger partial charge on any atom is 0.195 e. The minimum Gasteiger partial charge on any atom is -0.497 e. The summed E-state index contributed by atoms with van der Waals surface area (Å²) in [6, 6.07) is 21.3. The number of thiophene rings is 1. The van der Waals surface area contributed by atoms with Crippen molar-refractivity contribution in [2.75, 3.05) is 13.7 Å². The number of benzene rings is 3. The number of rotatable bonds is 6. The van der Waals surface area contributed by atoms with Gasteiger partial charge in [-0.25, -0.2) is 0 Å². The molecule has 146 valence electrons. The van der Waals surface area contributed by atoms with Crippen LogP contribution in [-0.2, 0) is 0 Å². The van der Waals surface area contributed by atoms with Gasteiger partial charge in [0.2, 0.25) is 0 Å². The van der Waals surface area contributed by atoms with Crippen LogP contribution in [0.15, 0.2) is 71.2 Å². The van der Waals surface area contributed by atoms with Crippen LogP contribution in [0.2, 0.25) is 0 Å². The first-order chi connectivity index (χ1) is 14.1. The molecule has 0 bridgehead atoms. The highest BCUT2D eigenvalue weighted by molar-refractivity contribution is 9.10. The van der Waals surface area contributed by atoms with Gasteiger partial charge < -0.3 is 9.47 Å². The van der Waals surface area contributed by atoms with Crippen LogP contribution >= 0.6 is 27.3 Å². The largest absolute Gasteiger partial charge is 0.497 e. The lowest BCUT2D eigenvalue weighted by Gasteiger charge is -2.09. The third kappa shape index (κ3) is 3.80. The Kier molecular flexibility index (Phi) is 5.69. The van der Waals surface area contributed by atoms with Gasteiger partial charge in [0, 0.05) is 26.1 Å². The predicted molar refractivity (Wildman–Crippen MR) is 123 cm³/mol. The Morgan fingerprint density at radius 2 is 1.79 bits per heavy atom. The lowest BCUT2D eigenvalue weighted by atomic mass is 9.97. The molecule has 0 radical (unpaired) electrons. The van der Waals surface area contributed by atoms with Gasteiger partial charge in [0.05, 0.1) is 18.2 Å². The monoisotopic (exact) mass is 466 g/mol. The summed E-state index contributed by atoms with van der Waals surface area (Å²) in [7, 11) is 1.65. The lowest BCUT2D eigenvalue weighted by molar-refractivity contribution is 0.104. The summed E-state index contributed by atoms with van der Waals surface area (Å²) in [6.45, 7) is 2.51. The summed E-state index contributed by atoms with van der Waals surface area (Å²) in [6.07, 6.45) is 0. The summed E-state index contributed by atoms with van der Waals surface area (Å²) in [4.78, 5) is 14.5. The summed E-state index contributed by atoms with van der Waals surface area (Å²) in [5.74, 6) is 1.52. The molecule has 0 atom stereocenters. The Labute approximate surface area is 182 Å². The van der Waals surface area contributed by atoms with Crippen LogP contribution in [0.4, 0.5) is 0 Å². The number of halogens is 1. The van der Waals surface area contributed by atoms with E-state index < -0.39 is 0 Å². The molecule has 4 rings (SSSR count). The smallest absolute Gasteiger partial charge is 0.195 e. The topological polar surface area (TPSA) is 35.5 Å². The molecule has 0 fully saturated rings. The first-order valence-corrected chi connectivity index (χ1v) is 10.9. The van der Waals surface area contributed by atoms with Crippen LogP contribution < -0.4 is 9.47 Å². The second-order valence-electron chi connectivity index (χ2n) is 6.44. The fourth-order valence-electron chi connectivity index (χ4n) is 3.28. The number of fused-ring (bicyclic) bond motifs is 1. The standard InChI is InChI=1S/C24H19BrO3S/c1-3-28-20-13-10-16(14-19(20)25)23(26)22-18-6-4-5-7-21(18)29-24(22)15-8-11-17(27-2)12-9-15/h4-14H,3H2,1-2H3. The van der Waals surface area contributed by atoms with E-state index in [4.69, 9.17) is 9.47 Å². The van der Waals surface area contributed by atoms with Crippen molar-refractivity contribution in [2.24, 2.45) is 0 Å². The Balaban J connectivity index is 1.85. The zero-order chi connectivity index (χ0) is 20.4. The van der Waals surface area contributed by atoms with Crippen molar-refractivity contribution < 1.29 is 14.3 Å². The number of ketones is 1. The molecule has 0 aliphatic carbocycles. The van der Waals surface area contributed by atoms with E-state index >= 15 is 0 Å². The van der Waals surface area contributed by atoms with Crippen molar-refractivity contribution in [1.29, 1.82) is 0 Å². The molecule has 1 aromatic heterocycles. The van der Waals surface area contributed by atoms with Gasteiger partial charge in [-0.05, 0) is 76.9 Å². The fourth-order valence-corrected chi connectivity index (χ4v) is 4.97. The van der Waals surface area contributed by atoms with E-state index in [-0.39, 0.29) is 5.78 Å². The molecule has 0 aliphatic rings. The van der Waals surface area contributed by atoms with Crippen molar-refractivity contribution in [2.45, 2.75) is 6.92 Å². The molecule has 0 saturated carbocycles. The Bertz CT molecular complexity index is 1180. The van der Waals surface area contributed by atoms with E-state index in [9.17, 15) is 4.79 Å². The average molecular weight is 467 g/mol. The number of carbonyl (C=O) groups is 1. The van der Waals surface area contributed by atoms with Gasteiger partial charge in [0.1, 0.15) is 11.5 Å². The molecule has 29 heavy (non-hydrogen) atoms. The van der Waals surface area contributed by atoms with Crippen LogP contribution in [0.1, 0.15) is 22.8 Å². The van der Waals surface area contributed by atoms with Crippen molar-refractivity contribution in [3.63, 3.8) is 0 Å². The Hall–Kier alpha value is -2.63. The molecule has 0 N–H and O–H groups in total. The van der Waals surface area contributed by atoms with Gasteiger partial charge in [-0.3, -0.25) is 4.79 Å². The normalized spacial score (nSPS) is 10.9. The summed E-state index contributed by atoms with van der Waals surface area (Å²) < 4.78 is 12.7. The molecular weight excluding hydrogens is 448 g/mol. The van der Waals surface area contributed by atoms with E-state index in [1.54, 1.807) is 18.4 Å². The fraction of sp³-hybridized carbons (Fsp3) is 0.125. The maximum absolute atomic E-state index is 13.6. The van der Waals surface area contributed by atoms with Crippen LogP contribution in [0.5, 0.6) is 11.5 Å². The first-order valence-electron chi connectivity index (χ1n) is 9.25. The molecule has 0 spiro atoms.